The zero-order chi connectivity index (χ0) is 17.4. The third-order valence-electron chi connectivity index (χ3n) is 3.15. The van der Waals surface area contributed by atoms with Gasteiger partial charge in [0.25, 0.3) is 5.91 Å². The molecule has 0 radical (unpaired) electrons. The summed E-state index contributed by atoms with van der Waals surface area (Å²) in [5, 5.41) is 5.25. The van der Waals surface area contributed by atoms with Crippen molar-refractivity contribution < 1.29 is 14.3 Å². The van der Waals surface area contributed by atoms with Gasteiger partial charge in [0, 0.05) is 16.8 Å². The summed E-state index contributed by atoms with van der Waals surface area (Å²) in [5.41, 5.74) is 1.72. The van der Waals surface area contributed by atoms with Crippen LogP contribution in [0.5, 0.6) is 5.75 Å². The number of carbonyl (C=O) groups is 2. The molecule has 0 atom stereocenters. The van der Waals surface area contributed by atoms with Gasteiger partial charge in [-0.1, -0.05) is 12.0 Å². The zero-order valence-corrected chi connectivity index (χ0v) is 13.3. The topological polar surface area (TPSA) is 67.4 Å². The first-order valence-electron chi connectivity index (χ1n) is 7.50. The van der Waals surface area contributed by atoms with Crippen molar-refractivity contribution in [1.82, 2.24) is 5.32 Å². The van der Waals surface area contributed by atoms with E-state index in [9.17, 15) is 9.59 Å². The molecular formula is C19H18N2O3. The second kappa shape index (κ2) is 8.39. The number of terminal acetylenes is 1. The minimum Gasteiger partial charge on any atom is -0.494 e. The predicted octanol–water partition coefficient (Wildman–Crippen LogP) is 2.44. The number of carbonyl (C=O) groups excluding carboxylic acids is 2. The Labute approximate surface area is 141 Å². The largest absolute Gasteiger partial charge is 0.494 e. The molecule has 0 saturated carbocycles. The monoisotopic (exact) mass is 322 g/mol. The molecule has 2 N–H and O–H groups in total. The lowest BCUT2D eigenvalue weighted by atomic mass is 10.2. The van der Waals surface area contributed by atoms with Crippen molar-refractivity contribution in [1.29, 1.82) is 0 Å². The maximum absolute atomic E-state index is 12.0. The molecule has 0 aliphatic rings. The molecular weight excluding hydrogens is 304 g/mol. The van der Waals surface area contributed by atoms with Gasteiger partial charge in [0.05, 0.1) is 13.2 Å². The SMILES string of the molecule is C#Cc1cccc(NC(=O)CNC(=O)c2ccc(OCC)cc2)c1. The molecule has 5 heteroatoms. The van der Waals surface area contributed by atoms with Crippen LogP contribution in [-0.4, -0.2) is 25.0 Å². The van der Waals surface area contributed by atoms with Crippen LogP contribution in [-0.2, 0) is 4.79 Å². The van der Waals surface area contributed by atoms with Crippen LogP contribution >= 0.6 is 0 Å². The third kappa shape index (κ3) is 4.89. The number of ether oxygens (including phenoxy) is 1. The zero-order valence-electron chi connectivity index (χ0n) is 13.3. The highest BCUT2D eigenvalue weighted by atomic mass is 16.5. The van der Waals surface area contributed by atoms with E-state index in [2.05, 4.69) is 16.6 Å². The van der Waals surface area contributed by atoms with Gasteiger partial charge in [-0.05, 0) is 49.4 Å². The van der Waals surface area contributed by atoms with Crippen LogP contribution in [0.25, 0.3) is 0 Å². The molecule has 0 saturated heterocycles. The Morgan fingerprint density at radius 2 is 1.92 bits per heavy atom. The molecule has 5 nitrogen and oxygen atoms in total. The van der Waals surface area contributed by atoms with E-state index in [0.717, 1.165) is 0 Å². The van der Waals surface area contributed by atoms with Gasteiger partial charge in [-0.2, -0.15) is 0 Å². The van der Waals surface area contributed by atoms with E-state index in [4.69, 9.17) is 11.2 Å². The van der Waals surface area contributed by atoms with E-state index in [1.165, 1.54) is 0 Å². The molecule has 2 aromatic rings. The molecule has 0 heterocycles. The van der Waals surface area contributed by atoms with Gasteiger partial charge in [-0.15, -0.1) is 6.42 Å². The van der Waals surface area contributed by atoms with E-state index in [0.29, 0.717) is 29.2 Å². The molecule has 0 bridgehead atoms. The van der Waals surface area contributed by atoms with Crippen LogP contribution < -0.4 is 15.4 Å². The Bertz CT molecular complexity index is 761. The van der Waals surface area contributed by atoms with Crippen molar-refractivity contribution in [3.8, 4) is 18.1 Å². The molecule has 122 valence electrons. The minimum atomic E-state index is -0.330. The molecule has 0 aromatic heterocycles. The quantitative estimate of drug-likeness (QED) is 0.803. The summed E-state index contributed by atoms with van der Waals surface area (Å²) in [4.78, 5) is 23.9. The molecule has 2 amide bonds. The van der Waals surface area contributed by atoms with E-state index >= 15 is 0 Å². The van der Waals surface area contributed by atoms with Gasteiger partial charge in [0.15, 0.2) is 0 Å². The Morgan fingerprint density at radius 1 is 1.17 bits per heavy atom. The first-order chi connectivity index (χ1) is 11.6. The Balaban J connectivity index is 1.86. The van der Waals surface area contributed by atoms with Crippen molar-refractivity contribution in [2.75, 3.05) is 18.5 Å². The predicted molar refractivity (Wildman–Crippen MR) is 93.0 cm³/mol. The maximum atomic E-state index is 12.0. The fourth-order valence-corrected chi connectivity index (χ4v) is 2.02. The number of nitrogens with one attached hydrogen (secondary N) is 2. The van der Waals surface area contributed by atoms with Crippen LogP contribution in [0.4, 0.5) is 5.69 Å². The van der Waals surface area contributed by atoms with Crippen molar-refractivity contribution >= 4 is 17.5 Å². The summed E-state index contributed by atoms with van der Waals surface area (Å²) >= 11 is 0. The summed E-state index contributed by atoms with van der Waals surface area (Å²) in [7, 11) is 0. The second-order valence-corrected chi connectivity index (χ2v) is 4.91. The molecule has 2 aromatic carbocycles. The van der Waals surface area contributed by atoms with E-state index in [1.807, 2.05) is 6.92 Å². The van der Waals surface area contributed by atoms with Crippen LogP contribution in [0.1, 0.15) is 22.8 Å². The van der Waals surface area contributed by atoms with Crippen LogP contribution in [0.2, 0.25) is 0 Å². The van der Waals surface area contributed by atoms with Crippen molar-refractivity contribution in [3.63, 3.8) is 0 Å². The average Bonchev–Trinajstić information content (AvgIpc) is 2.61. The van der Waals surface area contributed by atoms with E-state index < -0.39 is 0 Å². The van der Waals surface area contributed by atoms with Crippen molar-refractivity contribution in [2.45, 2.75) is 6.92 Å². The molecule has 0 spiro atoms. The van der Waals surface area contributed by atoms with E-state index in [1.54, 1.807) is 48.5 Å². The van der Waals surface area contributed by atoms with E-state index in [-0.39, 0.29) is 18.4 Å². The first-order valence-corrected chi connectivity index (χ1v) is 7.50. The molecule has 0 aliphatic heterocycles. The van der Waals surface area contributed by atoms with Gasteiger partial charge in [-0.3, -0.25) is 9.59 Å². The van der Waals surface area contributed by atoms with Gasteiger partial charge >= 0.3 is 0 Å². The van der Waals surface area contributed by atoms with Gasteiger partial charge in [0.1, 0.15) is 5.75 Å². The standard InChI is InChI=1S/C19H18N2O3/c1-3-14-6-5-7-16(12-14)21-18(22)13-20-19(23)15-8-10-17(11-9-15)24-4-2/h1,5-12H,4,13H2,2H3,(H,20,23)(H,21,22). The summed E-state index contributed by atoms with van der Waals surface area (Å²) in [6.07, 6.45) is 5.31. The molecule has 0 aliphatic carbocycles. The van der Waals surface area contributed by atoms with Gasteiger partial charge in [-0.25, -0.2) is 0 Å². The van der Waals surface area contributed by atoms with Crippen molar-refractivity contribution in [3.05, 3.63) is 59.7 Å². The number of hydrogen-bond donors (Lipinski definition) is 2. The number of hydrogen-bond acceptors (Lipinski definition) is 3. The summed E-state index contributed by atoms with van der Waals surface area (Å²) in [6.45, 7) is 2.32. The Hall–Kier alpha value is -3.26. The molecule has 24 heavy (non-hydrogen) atoms. The summed E-state index contributed by atoms with van der Waals surface area (Å²) < 4.78 is 5.31. The Morgan fingerprint density at radius 3 is 2.58 bits per heavy atom. The molecule has 2 rings (SSSR count). The smallest absolute Gasteiger partial charge is 0.251 e. The number of anilines is 1. The highest BCUT2D eigenvalue weighted by molar-refractivity contribution is 5.99. The number of rotatable bonds is 6. The minimum absolute atomic E-state index is 0.133. The normalized spacial score (nSPS) is 9.67. The molecule has 0 fully saturated rings. The average molecular weight is 322 g/mol. The second-order valence-electron chi connectivity index (χ2n) is 4.91. The lowest BCUT2D eigenvalue weighted by molar-refractivity contribution is -0.115. The first kappa shape index (κ1) is 17.1. The fraction of sp³-hybridized carbons (Fsp3) is 0.158. The number of benzene rings is 2. The maximum Gasteiger partial charge on any atom is 0.251 e. The van der Waals surface area contributed by atoms with Crippen LogP contribution in [0.3, 0.4) is 0 Å². The lowest BCUT2D eigenvalue weighted by Gasteiger charge is -2.08. The van der Waals surface area contributed by atoms with Gasteiger partial charge < -0.3 is 15.4 Å². The third-order valence-corrected chi connectivity index (χ3v) is 3.15. The number of amides is 2. The lowest BCUT2D eigenvalue weighted by Crippen LogP contribution is -2.32. The fourth-order valence-electron chi connectivity index (χ4n) is 2.02. The van der Waals surface area contributed by atoms with Crippen LogP contribution in [0, 0.1) is 12.3 Å². The molecule has 0 unspecified atom stereocenters. The van der Waals surface area contributed by atoms with Crippen LogP contribution in [0.15, 0.2) is 48.5 Å². The summed E-state index contributed by atoms with van der Waals surface area (Å²) in [6, 6.07) is 13.7. The highest BCUT2D eigenvalue weighted by Gasteiger charge is 2.08. The van der Waals surface area contributed by atoms with Crippen molar-refractivity contribution in [2.24, 2.45) is 0 Å². The highest BCUT2D eigenvalue weighted by Crippen LogP contribution is 2.12. The Kier molecular flexibility index (Phi) is 5.98. The van der Waals surface area contributed by atoms with Gasteiger partial charge in [0.2, 0.25) is 5.91 Å². The summed E-state index contributed by atoms with van der Waals surface area (Å²) in [5.74, 6) is 2.53.